The van der Waals surface area contributed by atoms with Gasteiger partial charge in [0, 0.05) is 14.7 Å². The van der Waals surface area contributed by atoms with Crippen LogP contribution in [0.1, 0.15) is 98.4 Å². The number of carbonyl (C=O) groups is 2. The standard InChI is InChI=1S/C15H12O3S.C15H12O2S.4C2H6/c1-18-15(16)12-7-4-6-11-9-10-5-2-3-8-13(10)19(17)14(11)12;1-17-15(16)12-7-4-6-11-9-10-5-2-3-8-13(10)18-14(11)12;4*1-2/h2-8H,9H2,1H3;2-8H,9H2,1H3;4*1-2H3. The molecular weight excluding hydrogens is 601 g/mol. The molecule has 5 nitrogen and oxygen atoms in total. The lowest BCUT2D eigenvalue weighted by Crippen LogP contribution is -2.15. The van der Waals surface area contributed by atoms with Gasteiger partial charge in [-0.2, -0.15) is 0 Å². The van der Waals surface area contributed by atoms with Crippen LogP contribution in [0.15, 0.2) is 105 Å². The molecule has 4 aromatic rings. The van der Waals surface area contributed by atoms with Crippen LogP contribution in [-0.4, -0.2) is 30.4 Å². The molecule has 0 spiro atoms. The van der Waals surface area contributed by atoms with E-state index in [9.17, 15) is 13.8 Å². The van der Waals surface area contributed by atoms with Gasteiger partial charge in [0.2, 0.25) is 0 Å². The molecule has 0 saturated carbocycles. The molecule has 0 aromatic heterocycles. The van der Waals surface area contributed by atoms with Crippen LogP contribution < -0.4 is 0 Å². The smallest absolute Gasteiger partial charge is 0.339 e. The van der Waals surface area contributed by atoms with Crippen LogP contribution >= 0.6 is 11.8 Å². The number of hydrogen-bond acceptors (Lipinski definition) is 6. The molecule has 0 amide bonds. The second-order valence-corrected chi connectivity index (χ2v) is 10.9. The number of hydrogen-bond donors (Lipinski definition) is 0. The SMILES string of the molecule is CC.CC.CC.CC.COC(=O)c1cccc2c1S(=O)c1ccccc1C2.COC(=O)c1cccc2c1Sc1ccccc1C2. The van der Waals surface area contributed by atoms with Gasteiger partial charge in [0.25, 0.3) is 0 Å². The number of ether oxygens (including phenoxy) is 2. The van der Waals surface area contributed by atoms with Crippen molar-refractivity contribution in [3.63, 3.8) is 0 Å². The lowest BCUT2D eigenvalue weighted by Gasteiger charge is -2.20. The topological polar surface area (TPSA) is 69.7 Å². The Kier molecular flexibility index (Phi) is 18.5. The summed E-state index contributed by atoms with van der Waals surface area (Å²) in [5.41, 5.74) is 5.55. The summed E-state index contributed by atoms with van der Waals surface area (Å²) in [4.78, 5) is 27.2. The Morgan fingerprint density at radius 3 is 1.67 bits per heavy atom. The Morgan fingerprint density at radius 2 is 1.04 bits per heavy atom. The normalized spacial score (nSPS) is 12.4. The van der Waals surface area contributed by atoms with Gasteiger partial charge >= 0.3 is 11.9 Å². The largest absolute Gasteiger partial charge is 0.465 e. The molecule has 0 fully saturated rings. The number of fused-ring (bicyclic) bond motifs is 4. The van der Waals surface area contributed by atoms with Gasteiger partial charge in [-0.15, -0.1) is 0 Å². The van der Waals surface area contributed by atoms with Crippen LogP contribution in [0.4, 0.5) is 0 Å². The van der Waals surface area contributed by atoms with Crippen molar-refractivity contribution in [2.24, 2.45) is 0 Å². The molecule has 0 saturated heterocycles. The van der Waals surface area contributed by atoms with Gasteiger partial charge in [-0.25, -0.2) is 13.8 Å². The second-order valence-electron chi connectivity index (χ2n) is 8.51. The third-order valence-electron chi connectivity index (χ3n) is 6.31. The average molecular weight is 649 g/mol. The molecule has 1 atom stereocenters. The van der Waals surface area contributed by atoms with E-state index in [-0.39, 0.29) is 5.97 Å². The molecule has 0 radical (unpaired) electrons. The zero-order valence-corrected chi connectivity index (χ0v) is 30.0. The molecule has 2 aliphatic rings. The number of carbonyl (C=O) groups excluding carboxylic acids is 2. The molecule has 1 unspecified atom stereocenters. The molecule has 4 aromatic carbocycles. The molecule has 7 heteroatoms. The number of esters is 2. The lowest BCUT2D eigenvalue weighted by atomic mass is 10.0. The molecule has 45 heavy (non-hydrogen) atoms. The highest BCUT2D eigenvalue weighted by Gasteiger charge is 2.27. The first-order chi connectivity index (χ1) is 22.0. The van der Waals surface area contributed by atoms with E-state index in [0.717, 1.165) is 27.3 Å². The van der Waals surface area contributed by atoms with E-state index < -0.39 is 16.8 Å². The van der Waals surface area contributed by atoms with Gasteiger partial charge in [-0.05, 0) is 59.4 Å². The fraction of sp³-hybridized carbons (Fsp3) is 0.316. The fourth-order valence-electron chi connectivity index (χ4n) is 4.54. The van der Waals surface area contributed by atoms with Crippen molar-refractivity contribution < 1.29 is 23.3 Å². The van der Waals surface area contributed by atoms with Crippen LogP contribution in [0.3, 0.4) is 0 Å². The molecule has 0 aliphatic carbocycles. The van der Waals surface area contributed by atoms with E-state index in [0.29, 0.717) is 22.4 Å². The number of rotatable bonds is 2. The quantitative estimate of drug-likeness (QED) is 0.174. The van der Waals surface area contributed by atoms with Crippen molar-refractivity contribution in [1.82, 2.24) is 0 Å². The highest BCUT2D eigenvalue weighted by molar-refractivity contribution is 7.99. The predicted molar refractivity (Wildman–Crippen MR) is 188 cm³/mol. The number of methoxy groups -OCH3 is 2. The zero-order chi connectivity index (χ0) is 33.9. The van der Waals surface area contributed by atoms with Crippen molar-refractivity contribution >= 4 is 34.5 Å². The Hall–Kier alpha value is -3.68. The van der Waals surface area contributed by atoms with Crippen LogP contribution in [0.25, 0.3) is 0 Å². The van der Waals surface area contributed by atoms with Gasteiger partial charge in [0.15, 0.2) is 0 Å². The molecular formula is C38H48O5S2. The van der Waals surface area contributed by atoms with Crippen LogP contribution in [0, 0.1) is 0 Å². The van der Waals surface area contributed by atoms with Gasteiger partial charge in [-0.1, -0.05) is 128 Å². The molecule has 2 heterocycles. The van der Waals surface area contributed by atoms with Gasteiger partial charge in [0.1, 0.15) is 0 Å². The van der Waals surface area contributed by atoms with E-state index >= 15 is 0 Å². The summed E-state index contributed by atoms with van der Waals surface area (Å²) in [6.45, 7) is 16.0. The Balaban J connectivity index is 0.000000369. The Bertz CT molecular complexity index is 1550. The van der Waals surface area contributed by atoms with Crippen molar-refractivity contribution in [2.75, 3.05) is 14.2 Å². The predicted octanol–water partition coefficient (Wildman–Crippen LogP) is 10.2. The van der Waals surface area contributed by atoms with E-state index in [1.165, 1.54) is 30.2 Å². The maximum absolute atomic E-state index is 12.7. The Morgan fingerprint density at radius 1 is 0.578 bits per heavy atom. The van der Waals surface area contributed by atoms with Gasteiger partial charge in [-0.3, -0.25) is 0 Å². The van der Waals surface area contributed by atoms with Gasteiger partial charge in [0.05, 0.1) is 41.0 Å². The summed E-state index contributed by atoms with van der Waals surface area (Å²) in [6, 6.07) is 27.1. The van der Waals surface area contributed by atoms with Crippen molar-refractivity contribution in [3.05, 3.63) is 118 Å². The second kappa shape index (κ2) is 21.1. The van der Waals surface area contributed by atoms with Crippen LogP contribution in [0.2, 0.25) is 0 Å². The minimum Gasteiger partial charge on any atom is -0.465 e. The van der Waals surface area contributed by atoms with Crippen molar-refractivity contribution in [1.29, 1.82) is 0 Å². The first-order valence-corrected chi connectivity index (χ1v) is 17.6. The third kappa shape index (κ3) is 9.65. The third-order valence-corrected chi connectivity index (χ3v) is 9.26. The number of benzene rings is 4. The van der Waals surface area contributed by atoms with E-state index in [1.807, 2.05) is 104 Å². The summed E-state index contributed by atoms with van der Waals surface area (Å²) >= 11 is 1.65. The fourth-order valence-corrected chi connectivity index (χ4v) is 7.24. The lowest BCUT2D eigenvalue weighted by molar-refractivity contribution is 0.0587. The highest BCUT2D eigenvalue weighted by Crippen LogP contribution is 2.41. The summed E-state index contributed by atoms with van der Waals surface area (Å²) in [7, 11) is 1.43. The summed E-state index contributed by atoms with van der Waals surface area (Å²) < 4.78 is 22.3. The molecule has 0 N–H and O–H groups in total. The summed E-state index contributed by atoms with van der Waals surface area (Å²) in [5, 5.41) is 0. The van der Waals surface area contributed by atoms with E-state index in [2.05, 4.69) is 24.3 Å². The molecule has 2 aliphatic heterocycles. The monoisotopic (exact) mass is 648 g/mol. The van der Waals surface area contributed by atoms with Crippen LogP contribution in [0.5, 0.6) is 0 Å². The minimum atomic E-state index is -1.32. The zero-order valence-electron chi connectivity index (χ0n) is 28.4. The van der Waals surface area contributed by atoms with Crippen molar-refractivity contribution in [2.45, 2.75) is 87.8 Å². The first kappa shape index (κ1) is 39.3. The van der Waals surface area contributed by atoms with Crippen molar-refractivity contribution in [3.8, 4) is 0 Å². The maximum atomic E-state index is 12.7. The van der Waals surface area contributed by atoms with Gasteiger partial charge < -0.3 is 9.47 Å². The maximum Gasteiger partial charge on any atom is 0.339 e. The average Bonchev–Trinajstić information content (AvgIpc) is 3.13. The summed E-state index contributed by atoms with van der Waals surface area (Å²) in [6.07, 6.45) is 1.57. The molecule has 6 rings (SSSR count). The van der Waals surface area contributed by atoms with E-state index in [4.69, 9.17) is 9.47 Å². The summed E-state index contributed by atoms with van der Waals surface area (Å²) in [5.74, 6) is -0.705. The molecule has 0 bridgehead atoms. The minimum absolute atomic E-state index is 0.265. The molecule has 242 valence electrons. The first-order valence-electron chi connectivity index (χ1n) is 15.7. The highest BCUT2D eigenvalue weighted by atomic mass is 32.2. The Labute approximate surface area is 277 Å². The van der Waals surface area contributed by atoms with E-state index in [1.54, 1.807) is 23.9 Å². The van der Waals surface area contributed by atoms with Crippen LogP contribution in [-0.2, 0) is 33.1 Å².